The number of ketones is 1. The van der Waals surface area contributed by atoms with E-state index < -0.39 is 0 Å². The molecule has 120 valence electrons. The predicted molar refractivity (Wildman–Crippen MR) is 87.2 cm³/mol. The standard InChI is InChI=1S/C16H17N3O3S/c1-3-7-19-15(4-2)17-18-16(19)23-9-12(20)11-5-6-13-14(8-11)22-10-21-13/h3,5-6,8H,1,4,7,9-10H2,2H3. The Hall–Kier alpha value is -2.28. The van der Waals surface area contributed by atoms with Crippen molar-refractivity contribution in [2.24, 2.45) is 0 Å². The highest BCUT2D eigenvalue weighted by atomic mass is 32.2. The number of fused-ring (bicyclic) bond motifs is 1. The molecule has 1 aliphatic heterocycles. The quantitative estimate of drug-likeness (QED) is 0.441. The molecule has 1 aromatic heterocycles. The number of carbonyl (C=O) groups excluding carboxylic acids is 1. The zero-order chi connectivity index (χ0) is 16.2. The van der Waals surface area contributed by atoms with Crippen LogP contribution in [-0.4, -0.2) is 33.1 Å². The van der Waals surface area contributed by atoms with Gasteiger partial charge < -0.3 is 14.0 Å². The minimum atomic E-state index is 0.0134. The van der Waals surface area contributed by atoms with Gasteiger partial charge in [-0.2, -0.15) is 0 Å². The lowest BCUT2D eigenvalue weighted by Gasteiger charge is -2.06. The Labute approximate surface area is 138 Å². The molecule has 0 unspecified atom stereocenters. The van der Waals surface area contributed by atoms with Crippen LogP contribution in [0.5, 0.6) is 11.5 Å². The first kappa shape index (κ1) is 15.6. The van der Waals surface area contributed by atoms with Gasteiger partial charge in [-0.15, -0.1) is 16.8 Å². The summed E-state index contributed by atoms with van der Waals surface area (Å²) in [7, 11) is 0. The Morgan fingerprint density at radius 1 is 1.39 bits per heavy atom. The highest BCUT2D eigenvalue weighted by Crippen LogP contribution is 2.33. The molecule has 0 bridgehead atoms. The van der Waals surface area contributed by atoms with Crippen molar-refractivity contribution < 1.29 is 14.3 Å². The summed E-state index contributed by atoms with van der Waals surface area (Å²) in [5, 5.41) is 9.04. The molecule has 1 aliphatic rings. The predicted octanol–water partition coefficient (Wildman–Crippen LogP) is 2.73. The third kappa shape index (κ3) is 3.24. The number of hydrogen-bond acceptors (Lipinski definition) is 6. The van der Waals surface area contributed by atoms with Crippen molar-refractivity contribution in [2.75, 3.05) is 12.5 Å². The number of benzene rings is 1. The van der Waals surface area contributed by atoms with Crippen LogP contribution >= 0.6 is 11.8 Å². The Morgan fingerprint density at radius 2 is 2.22 bits per heavy atom. The van der Waals surface area contributed by atoms with Gasteiger partial charge >= 0.3 is 0 Å². The van der Waals surface area contributed by atoms with Crippen molar-refractivity contribution in [3.8, 4) is 11.5 Å². The van der Waals surface area contributed by atoms with Crippen LogP contribution in [0.25, 0.3) is 0 Å². The molecule has 0 spiro atoms. The van der Waals surface area contributed by atoms with Crippen molar-refractivity contribution in [2.45, 2.75) is 25.0 Å². The molecule has 0 fully saturated rings. The van der Waals surface area contributed by atoms with Crippen LogP contribution in [0.15, 0.2) is 36.0 Å². The van der Waals surface area contributed by atoms with E-state index >= 15 is 0 Å². The number of nitrogens with zero attached hydrogens (tertiary/aromatic N) is 3. The number of ether oxygens (including phenoxy) is 2. The van der Waals surface area contributed by atoms with E-state index in [1.807, 2.05) is 11.5 Å². The largest absolute Gasteiger partial charge is 0.454 e. The van der Waals surface area contributed by atoms with Crippen LogP contribution in [0.4, 0.5) is 0 Å². The summed E-state index contributed by atoms with van der Waals surface area (Å²) in [6.07, 6.45) is 2.59. The average Bonchev–Trinajstić information content (AvgIpc) is 3.18. The lowest BCUT2D eigenvalue weighted by molar-refractivity contribution is 0.102. The molecule has 7 heteroatoms. The summed E-state index contributed by atoms with van der Waals surface area (Å²) < 4.78 is 12.5. The fourth-order valence-corrected chi connectivity index (χ4v) is 3.14. The summed E-state index contributed by atoms with van der Waals surface area (Å²) in [5.74, 6) is 2.48. The molecule has 0 aliphatic carbocycles. The minimum Gasteiger partial charge on any atom is -0.454 e. The second-order valence-corrected chi connectivity index (χ2v) is 5.87. The Morgan fingerprint density at radius 3 is 3.00 bits per heavy atom. The van der Waals surface area contributed by atoms with Gasteiger partial charge in [0.1, 0.15) is 5.82 Å². The first-order valence-corrected chi connectivity index (χ1v) is 8.30. The molecule has 0 N–H and O–H groups in total. The van der Waals surface area contributed by atoms with Crippen LogP contribution in [-0.2, 0) is 13.0 Å². The molecule has 0 amide bonds. The number of rotatable bonds is 7. The number of thioether (sulfide) groups is 1. The first-order valence-electron chi connectivity index (χ1n) is 7.31. The molecule has 23 heavy (non-hydrogen) atoms. The van der Waals surface area contributed by atoms with E-state index in [4.69, 9.17) is 9.47 Å². The Kier molecular flexibility index (Phi) is 4.66. The van der Waals surface area contributed by atoms with Crippen molar-refractivity contribution in [1.29, 1.82) is 0 Å². The van der Waals surface area contributed by atoms with Gasteiger partial charge in [0.2, 0.25) is 6.79 Å². The maximum Gasteiger partial charge on any atom is 0.231 e. The SMILES string of the molecule is C=CCn1c(CC)nnc1SCC(=O)c1ccc2c(c1)OCO2. The highest BCUT2D eigenvalue weighted by Gasteiger charge is 2.17. The topological polar surface area (TPSA) is 66.2 Å². The second kappa shape index (κ2) is 6.87. The maximum absolute atomic E-state index is 12.4. The molecular weight excluding hydrogens is 314 g/mol. The number of hydrogen-bond donors (Lipinski definition) is 0. The van der Waals surface area contributed by atoms with Crippen LogP contribution < -0.4 is 9.47 Å². The van der Waals surface area contributed by atoms with E-state index in [1.165, 1.54) is 11.8 Å². The first-order chi connectivity index (χ1) is 11.2. The Balaban J connectivity index is 1.69. The molecule has 0 radical (unpaired) electrons. The lowest BCUT2D eigenvalue weighted by atomic mass is 10.1. The normalized spacial score (nSPS) is 12.4. The van der Waals surface area contributed by atoms with Crippen molar-refractivity contribution in [1.82, 2.24) is 14.8 Å². The smallest absolute Gasteiger partial charge is 0.231 e. The molecule has 2 aromatic rings. The Bertz CT molecular complexity index is 742. The van der Waals surface area contributed by atoms with Crippen LogP contribution in [0, 0.1) is 0 Å². The summed E-state index contributed by atoms with van der Waals surface area (Å²) in [5.41, 5.74) is 0.604. The van der Waals surface area contributed by atoms with Crippen LogP contribution in [0.1, 0.15) is 23.1 Å². The van der Waals surface area contributed by atoms with E-state index in [2.05, 4.69) is 16.8 Å². The summed E-state index contributed by atoms with van der Waals surface area (Å²) in [6, 6.07) is 5.23. The van der Waals surface area contributed by atoms with E-state index in [-0.39, 0.29) is 12.6 Å². The third-order valence-electron chi connectivity index (χ3n) is 3.45. The van der Waals surface area contributed by atoms with Crippen molar-refractivity contribution in [3.05, 3.63) is 42.2 Å². The number of allylic oxidation sites excluding steroid dienone is 1. The number of Topliss-reactive ketones (excluding diaryl/α,β-unsaturated/α-hetero) is 1. The second-order valence-electron chi connectivity index (χ2n) is 4.93. The maximum atomic E-state index is 12.4. The van der Waals surface area contributed by atoms with Crippen LogP contribution in [0.2, 0.25) is 0 Å². The highest BCUT2D eigenvalue weighted by molar-refractivity contribution is 7.99. The van der Waals surface area contributed by atoms with E-state index in [9.17, 15) is 4.79 Å². The molecule has 0 saturated heterocycles. The average molecular weight is 331 g/mol. The summed E-state index contributed by atoms with van der Waals surface area (Å²) >= 11 is 1.38. The number of aromatic nitrogens is 3. The van der Waals surface area contributed by atoms with Crippen molar-refractivity contribution >= 4 is 17.5 Å². The number of carbonyl (C=O) groups is 1. The van der Waals surface area contributed by atoms with Gasteiger partial charge in [-0.3, -0.25) is 4.79 Å². The fraction of sp³-hybridized carbons (Fsp3) is 0.312. The van der Waals surface area contributed by atoms with Gasteiger partial charge in [0.05, 0.1) is 5.75 Å². The fourth-order valence-electron chi connectivity index (χ4n) is 2.28. The van der Waals surface area contributed by atoms with Gasteiger partial charge in [0, 0.05) is 18.5 Å². The zero-order valence-electron chi connectivity index (χ0n) is 12.8. The third-order valence-corrected chi connectivity index (χ3v) is 4.42. The monoisotopic (exact) mass is 331 g/mol. The van der Waals surface area contributed by atoms with Gasteiger partial charge in [-0.1, -0.05) is 24.8 Å². The molecule has 6 nitrogen and oxygen atoms in total. The molecule has 2 heterocycles. The van der Waals surface area contributed by atoms with Gasteiger partial charge in [0.25, 0.3) is 0 Å². The van der Waals surface area contributed by atoms with E-state index in [1.54, 1.807) is 24.3 Å². The van der Waals surface area contributed by atoms with Crippen LogP contribution in [0.3, 0.4) is 0 Å². The summed E-state index contributed by atoms with van der Waals surface area (Å²) in [4.78, 5) is 12.4. The van der Waals surface area contributed by atoms with Crippen molar-refractivity contribution in [3.63, 3.8) is 0 Å². The van der Waals surface area contributed by atoms with E-state index in [0.29, 0.717) is 29.4 Å². The van der Waals surface area contributed by atoms with E-state index in [0.717, 1.165) is 17.4 Å². The lowest BCUT2D eigenvalue weighted by Crippen LogP contribution is -2.06. The molecular formula is C16H17N3O3S. The zero-order valence-corrected chi connectivity index (χ0v) is 13.6. The molecule has 1 aromatic carbocycles. The molecule has 0 saturated carbocycles. The molecule has 3 rings (SSSR count). The number of aryl methyl sites for hydroxylation is 1. The van der Waals surface area contributed by atoms with Gasteiger partial charge in [-0.25, -0.2) is 0 Å². The summed E-state index contributed by atoms with van der Waals surface area (Å²) in [6.45, 7) is 6.61. The van der Waals surface area contributed by atoms with Gasteiger partial charge in [0.15, 0.2) is 22.4 Å². The molecule has 0 atom stereocenters. The van der Waals surface area contributed by atoms with Gasteiger partial charge in [-0.05, 0) is 18.2 Å². The minimum absolute atomic E-state index is 0.0134.